The highest BCUT2D eigenvalue weighted by atomic mass is 32.2. The third-order valence-electron chi connectivity index (χ3n) is 5.89. The average Bonchev–Trinajstić information content (AvgIpc) is 3.11. The molecule has 2 heterocycles. The minimum Gasteiger partial charge on any atom is -0.324 e. The molecule has 0 atom stereocenters. The molecular formula is C23H26F3N5S. The van der Waals surface area contributed by atoms with Gasteiger partial charge in [0.05, 0.1) is 11.9 Å². The molecular weight excluding hydrogens is 435 g/mol. The van der Waals surface area contributed by atoms with E-state index in [1.165, 1.54) is 34.8 Å². The standard InChI is InChI=1S/C23H26F3N5S/c1-13(2)15-8-18(9-15)32-17-5-6-20(14(3)7-17)29-22-27-11-19(23(24,25)26)21(30-22)16-10-28-31(4)12-16/h5-7,10-13,15,18H,8-9H2,1-4H3,(H,27,29,30). The molecule has 4 rings (SSSR count). The van der Waals surface area contributed by atoms with E-state index in [4.69, 9.17) is 0 Å². The Balaban J connectivity index is 1.52. The van der Waals surface area contributed by atoms with E-state index in [9.17, 15) is 13.2 Å². The summed E-state index contributed by atoms with van der Waals surface area (Å²) in [6.07, 6.45) is 1.62. The Morgan fingerprint density at radius 1 is 1.19 bits per heavy atom. The second kappa shape index (κ2) is 8.77. The molecule has 9 heteroatoms. The minimum atomic E-state index is -4.56. The van der Waals surface area contributed by atoms with Crippen LogP contribution in [-0.4, -0.2) is 25.0 Å². The molecule has 1 aliphatic carbocycles. The van der Waals surface area contributed by atoms with Crippen LogP contribution >= 0.6 is 11.8 Å². The van der Waals surface area contributed by atoms with Crippen molar-refractivity contribution in [2.45, 2.75) is 49.9 Å². The van der Waals surface area contributed by atoms with Crippen molar-refractivity contribution in [1.29, 1.82) is 0 Å². The van der Waals surface area contributed by atoms with Crippen molar-refractivity contribution in [2.75, 3.05) is 5.32 Å². The van der Waals surface area contributed by atoms with Crippen LogP contribution in [0.1, 0.15) is 37.8 Å². The normalized spacial score (nSPS) is 18.6. The van der Waals surface area contributed by atoms with Gasteiger partial charge in [-0.25, -0.2) is 9.97 Å². The number of aryl methyl sites for hydroxylation is 2. The van der Waals surface area contributed by atoms with E-state index < -0.39 is 11.7 Å². The van der Waals surface area contributed by atoms with Gasteiger partial charge in [-0.2, -0.15) is 18.3 Å². The van der Waals surface area contributed by atoms with Crippen LogP contribution in [0.25, 0.3) is 11.3 Å². The summed E-state index contributed by atoms with van der Waals surface area (Å²) < 4.78 is 41.9. The van der Waals surface area contributed by atoms with Gasteiger partial charge < -0.3 is 5.32 Å². The molecule has 2 aromatic heterocycles. The van der Waals surface area contributed by atoms with Crippen LogP contribution in [0, 0.1) is 18.8 Å². The maximum atomic E-state index is 13.5. The zero-order chi connectivity index (χ0) is 23.0. The molecule has 0 unspecified atom stereocenters. The summed E-state index contributed by atoms with van der Waals surface area (Å²) >= 11 is 1.89. The van der Waals surface area contributed by atoms with E-state index in [2.05, 4.69) is 40.3 Å². The number of hydrogen-bond donors (Lipinski definition) is 1. The predicted octanol–water partition coefficient (Wildman–Crippen LogP) is 6.47. The molecule has 1 N–H and O–H groups in total. The van der Waals surface area contributed by atoms with E-state index in [-0.39, 0.29) is 17.2 Å². The molecule has 5 nitrogen and oxygen atoms in total. The van der Waals surface area contributed by atoms with Gasteiger partial charge in [0, 0.05) is 40.8 Å². The van der Waals surface area contributed by atoms with Crippen molar-refractivity contribution < 1.29 is 13.2 Å². The second-order valence-electron chi connectivity index (χ2n) is 8.67. The molecule has 170 valence electrons. The van der Waals surface area contributed by atoms with E-state index in [0.717, 1.165) is 29.3 Å². The van der Waals surface area contributed by atoms with Gasteiger partial charge in [0.1, 0.15) is 5.56 Å². The van der Waals surface area contributed by atoms with Crippen molar-refractivity contribution >= 4 is 23.4 Å². The first kappa shape index (κ1) is 22.6. The molecule has 1 aromatic carbocycles. The SMILES string of the molecule is Cc1cc(SC2CC(C(C)C)C2)ccc1Nc1ncc(C(F)(F)F)c(-c2cnn(C)c2)n1. The molecule has 1 aliphatic rings. The van der Waals surface area contributed by atoms with Crippen LogP contribution in [0.4, 0.5) is 24.8 Å². The van der Waals surface area contributed by atoms with E-state index in [1.54, 1.807) is 7.05 Å². The van der Waals surface area contributed by atoms with Gasteiger partial charge in [0.15, 0.2) is 0 Å². The van der Waals surface area contributed by atoms with Gasteiger partial charge in [0.2, 0.25) is 5.95 Å². The topological polar surface area (TPSA) is 55.6 Å². The molecule has 0 saturated heterocycles. The first-order valence-electron chi connectivity index (χ1n) is 10.6. The van der Waals surface area contributed by atoms with Crippen molar-refractivity contribution in [3.63, 3.8) is 0 Å². The maximum absolute atomic E-state index is 13.5. The summed E-state index contributed by atoms with van der Waals surface area (Å²) in [7, 11) is 1.65. The molecule has 1 saturated carbocycles. The van der Waals surface area contributed by atoms with Crippen LogP contribution in [0.15, 0.2) is 41.7 Å². The fraction of sp³-hybridized carbons (Fsp3) is 0.435. The predicted molar refractivity (Wildman–Crippen MR) is 121 cm³/mol. The largest absolute Gasteiger partial charge is 0.419 e. The average molecular weight is 462 g/mol. The molecule has 0 aliphatic heterocycles. The number of halogens is 3. The highest BCUT2D eigenvalue weighted by Gasteiger charge is 2.36. The molecule has 0 amide bonds. The van der Waals surface area contributed by atoms with E-state index in [1.807, 2.05) is 30.8 Å². The summed E-state index contributed by atoms with van der Waals surface area (Å²) in [5.74, 6) is 1.67. The molecule has 0 radical (unpaired) electrons. The lowest BCUT2D eigenvalue weighted by atomic mass is 9.77. The highest BCUT2D eigenvalue weighted by Crippen LogP contribution is 2.44. The second-order valence-corrected chi connectivity index (χ2v) is 10.0. The fourth-order valence-electron chi connectivity index (χ4n) is 3.82. The fourth-order valence-corrected chi connectivity index (χ4v) is 5.29. The smallest absolute Gasteiger partial charge is 0.324 e. The lowest BCUT2D eigenvalue weighted by Crippen LogP contribution is -2.29. The lowest BCUT2D eigenvalue weighted by molar-refractivity contribution is -0.137. The number of thioether (sulfide) groups is 1. The number of aromatic nitrogens is 4. The van der Waals surface area contributed by atoms with Gasteiger partial charge in [-0.05, 0) is 55.4 Å². The van der Waals surface area contributed by atoms with Crippen LogP contribution in [0.5, 0.6) is 0 Å². The van der Waals surface area contributed by atoms with E-state index in [0.29, 0.717) is 5.25 Å². The Kier molecular flexibility index (Phi) is 6.20. The number of rotatable bonds is 6. The summed E-state index contributed by atoms with van der Waals surface area (Å²) in [6.45, 7) is 6.52. The van der Waals surface area contributed by atoms with Gasteiger partial charge in [-0.1, -0.05) is 13.8 Å². The third kappa shape index (κ3) is 4.92. The maximum Gasteiger partial charge on any atom is 0.419 e. The Morgan fingerprint density at radius 3 is 2.53 bits per heavy atom. The van der Waals surface area contributed by atoms with Crippen molar-refractivity contribution in [2.24, 2.45) is 18.9 Å². The van der Waals surface area contributed by atoms with Crippen molar-refractivity contribution in [1.82, 2.24) is 19.7 Å². The van der Waals surface area contributed by atoms with Crippen LogP contribution in [-0.2, 0) is 13.2 Å². The Morgan fingerprint density at radius 2 is 1.94 bits per heavy atom. The number of alkyl halides is 3. The highest BCUT2D eigenvalue weighted by molar-refractivity contribution is 8.00. The summed E-state index contributed by atoms with van der Waals surface area (Å²) in [5.41, 5.74) is 0.951. The first-order valence-corrected chi connectivity index (χ1v) is 11.5. The number of anilines is 2. The molecule has 3 aromatic rings. The number of nitrogens with zero attached hydrogens (tertiary/aromatic N) is 4. The van der Waals surface area contributed by atoms with Gasteiger partial charge >= 0.3 is 6.18 Å². The van der Waals surface area contributed by atoms with Crippen molar-refractivity contribution in [3.8, 4) is 11.3 Å². The Hall–Kier alpha value is -2.55. The molecule has 0 spiro atoms. The summed E-state index contributed by atoms with van der Waals surface area (Å²) in [6, 6.07) is 6.07. The minimum absolute atomic E-state index is 0.110. The third-order valence-corrected chi connectivity index (χ3v) is 7.14. The first-order chi connectivity index (χ1) is 15.1. The molecule has 1 fully saturated rings. The zero-order valence-electron chi connectivity index (χ0n) is 18.4. The Bertz CT molecular complexity index is 1100. The quantitative estimate of drug-likeness (QED) is 0.456. The molecule has 0 bridgehead atoms. The van der Waals surface area contributed by atoms with Gasteiger partial charge in [-0.3, -0.25) is 4.68 Å². The van der Waals surface area contributed by atoms with Crippen LogP contribution in [0.3, 0.4) is 0 Å². The van der Waals surface area contributed by atoms with E-state index >= 15 is 0 Å². The van der Waals surface area contributed by atoms with Crippen LogP contribution in [0.2, 0.25) is 0 Å². The summed E-state index contributed by atoms with van der Waals surface area (Å²) in [5, 5.41) is 7.70. The number of nitrogens with one attached hydrogen (secondary N) is 1. The number of benzene rings is 1. The zero-order valence-corrected chi connectivity index (χ0v) is 19.3. The monoisotopic (exact) mass is 461 g/mol. The van der Waals surface area contributed by atoms with Crippen molar-refractivity contribution in [3.05, 3.63) is 47.9 Å². The summed E-state index contributed by atoms with van der Waals surface area (Å²) in [4.78, 5) is 9.29. The van der Waals surface area contributed by atoms with Crippen LogP contribution < -0.4 is 5.32 Å². The number of hydrogen-bond acceptors (Lipinski definition) is 5. The van der Waals surface area contributed by atoms with Gasteiger partial charge in [-0.15, -0.1) is 11.8 Å². The lowest BCUT2D eigenvalue weighted by Gasteiger charge is -2.37. The molecule has 32 heavy (non-hydrogen) atoms. The Labute approximate surface area is 189 Å². The van der Waals surface area contributed by atoms with Gasteiger partial charge in [0.25, 0.3) is 0 Å².